The normalized spacial score (nSPS) is 27.3. The summed E-state index contributed by atoms with van der Waals surface area (Å²) in [6.07, 6.45) is -0.0693. The maximum absolute atomic E-state index is 12.2. The zero-order valence-corrected chi connectivity index (χ0v) is 11.2. The Morgan fingerprint density at radius 3 is 2.41 bits per heavy atom. The molecule has 3 unspecified atom stereocenters. The van der Waals surface area contributed by atoms with Crippen molar-refractivity contribution in [1.82, 2.24) is 10.2 Å². The lowest BCUT2D eigenvalue weighted by atomic mass is 9.98. The van der Waals surface area contributed by atoms with Crippen molar-refractivity contribution >= 4 is 11.8 Å². The molecular formula is C12H22N2O3. The lowest BCUT2D eigenvalue weighted by Gasteiger charge is -2.39. The molecule has 1 heterocycles. The fourth-order valence-corrected chi connectivity index (χ4v) is 1.90. The van der Waals surface area contributed by atoms with E-state index in [-0.39, 0.29) is 23.8 Å². The monoisotopic (exact) mass is 242 g/mol. The molecule has 2 amide bonds. The van der Waals surface area contributed by atoms with Crippen LogP contribution in [0, 0.1) is 5.92 Å². The van der Waals surface area contributed by atoms with Crippen LogP contribution >= 0.6 is 0 Å². The van der Waals surface area contributed by atoms with Gasteiger partial charge < -0.3 is 15.0 Å². The Bertz CT molecular complexity index is 304. The number of ether oxygens (including phenoxy) is 1. The summed E-state index contributed by atoms with van der Waals surface area (Å²) in [5.74, 6) is -0.0121. The van der Waals surface area contributed by atoms with Crippen LogP contribution in [0.2, 0.25) is 0 Å². The van der Waals surface area contributed by atoms with Crippen LogP contribution in [0.25, 0.3) is 0 Å². The lowest BCUT2D eigenvalue weighted by Crippen LogP contribution is -2.64. The SMILES string of the molecule is COC(C)CN1C(=O)C(C(C)C)NC(=O)C1C. The maximum Gasteiger partial charge on any atom is 0.246 e. The lowest BCUT2D eigenvalue weighted by molar-refractivity contribution is -0.151. The Morgan fingerprint density at radius 2 is 1.94 bits per heavy atom. The molecule has 1 fully saturated rings. The molecule has 1 rings (SSSR count). The van der Waals surface area contributed by atoms with Gasteiger partial charge in [-0.1, -0.05) is 13.8 Å². The molecule has 17 heavy (non-hydrogen) atoms. The zero-order valence-electron chi connectivity index (χ0n) is 11.2. The van der Waals surface area contributed by atoms with Gasteiger partial charge in [-0.05, 0) is 19.8 Å². The summed E-state index contributed by atoms with van der Waals surface area (Å²) in [4.78, 5) is 25.6. The van der Waals surface area contributed by atoms with E-state index in [2.05, 4.69) is 5.32 Å². The molecule has 5 nitrogen and oxygen atoms in total. The second-order valence-corrected chi connectivity index (χ2v) is 4.94. The van der Waals surface area contributed by atoms with Crippen LogP contribution in [-0.4, -0.2) is 48.6 Å². The number of carbonyl (C=O) groups excluding carboxylic acids is 2. The number of hydrogen-bond donors (Lipinski definition) is 1. The van der Waals surface area contributed by atoms with E-state index in [0.717, 1.165) is 0 Å². The largest absolute Gasteiger partial charge is 0.380 e. The Hall–Kier alpha value is -1.10. The number of piperazine rings is 1. The minimum absolute atomic E-state index is 0.0176. The van der Waals surface area contributed by atoms with E-state index in [1.54, 1.807) is 18.9 Å². The predicted octanol–water partition coefficient (Wildman–Crippen LogP) is 0.393. The van der Waals surface area contributed by atoms with Crippen LogP contribution in [0.5, 0.6) is 0 Å². The Kier molecular flexibility index (Phi) is 4.51. The summed E-state index contributed by atoms with van der Waals surface area (Å²) in [6.45, 7) is 7.93. The molecule has 0 spiro atoms. The highest BCUT2D eigenvalue weighted by Gasteiger charge is 2.39. The van der Waals surface area contributed by atoms with E-state index in [1.165, 1.54) is 0 Å². The molecule has 0 aromatic rings. The predicted molar refractivity (Wildman–Crippen MR) is 64.4 cm³/mol. The third kappa shape index (κ3) is 2.97. The molecule has 0 aromatic carbocycles. The summed E-state index contributed by atoms with van der Waals surface area (Å²) < 4.78 is 5.15. The van der Waals surface area contributed by atoms with Crippen LogP contribution in [-0.2, 0) is 14.3 Å². The van der Waals surface area contributed by atoms with Gasteiger partial charge in [-0.2, -0.15) is 0 Å². The van der Waals surface area contributed by atoms with Crippen molar-refractivity contribution in [2.75, 3.05) is 13.7 Å². The van der Waals surface area contributed by atoms with Gasteiger partial charge in [0.1, 0.15) is 12.1 Å². The fraction of sp³-hybridized carbons (Fsp3) is 0.833. The zero-order chi connectivity index (χ0) is 13.2. The Balaban J connectivity index is 2.84. The van der Waals surface area contributed by atoms with Crippen LogP contribution in [0.4, 0.5) is 0 Å². The molecule has 0 radical (unpaired) electrons. The van der Waals surface area contributed by atoms with Gasteiger partial charge in [0.25, 0.3) is 0 Å². The first-order valence-corrected chi connectivity index (χ1v) is 6.02. The van der Waals surface area contributed by atoms with Crippen molar-refractivity contribution in [1.29, 1.82) is 0 Å². The van der Waals surface area contributed by atoms with Crippen molar-refractivity contribution in [2.24, 2.45) is 5.92 Å². The average molecular weight is 242 g/mol. The van der Waals surface area contributed by atoms with Gasteiger partial charge in [-0.3, -0.25) is 9.59 Å². The summed E-state index contributed by atoms with van der Waals surface area (Å²) in [7, 11) is 1.60. The highest BCUT2D eigenvalue weighted by Crippen LogP contribution is 2.16. The third-order valence-corrected chi connectivity index (χ3v) is 3.22. The van der Waals surface area contributed by atoms with E-state index in [1.807, 2.05) is 20.8 Å². The van der Waals surface area contributed by atoms with Crippen molar-refractivity contribution in [3.8, 4) is 0 Å². The fourth-order valence-electron chi connectivity index (χ4n) is 1.90. The second kappa shape index (κ2) is 5.49. The van der Waals surface area contributed by atoms with Crippen molar-refractivity contribution in [3.63, 3.8) is 0 Å². The summed E-state index contributed by atoms with van der Waals surface area (Å²) in [5.41, 5.74) is 0. The van der Waals surface area contributed by atoms with Gasteiger partial charge in [0.2, 0.25) is 11.8 Å². The van der Waals surface area contributed by atoms with E-state index >= 15 is 0 Å². The molecule has 1 aliphatic heterocycles. The maximum atomic E-state index is 12.2. The smallest absolute Gasteiger partial charge is 0.246 e. The molecular weight excluding hydrogens is 220 g/mol. The highest BCUT2D eigenvalue weighted by atomic mass is 16.5. The van der Waals surface area contributed by atoms with Crippen molar-refractivity contribution in [2.45, 2.75) is 45.9 Å². The minimum Gasteiger partial charge on any atom is -0.380 e. The molecule has 1 saturated heterocycles. The van der Waals surface area contributed by atoms with E-state index < -0.39 is 12.1 Å². The molecule has 0 aromatic heterocycles. The van der Waals surface area contributed by atoms with Gasteiger partial charge in [-0.15, -0.1) is 0 Å². The Labute approximate surface area is 102 Å². The molecule has 1 aliphatic rings. The average Bonchev–Trinajstić information content (AvgIpc) is 2.28. The number of rotatable bonds is 4. The summed E-state index contributed by atoms with van der Waals surface area (Å²) >= 11 is 0. The topological polar surface area (TPSA) is 58.6 Å². The van der Waals surface area contributed by atoms with Gasteiger partial charge in [0.15, 0.2) is 0 Å². The third-order valence-electron chi connectivity index (χ3n) is 3.22. The Morgan fingerprint density at radius 1 is 1.35 bits per heavy atom. The first kappa shape index (κ1) is 14.0. The van der Waals surface area contributed by atoms with Gasteiger partial charge in [-0.25, -0.2) is 0 Å². The number of carbonyl (C=O) groups is 2. The van der Waals surface area contributed by atoms with Gasteiger partial charge in [0, 0.05) is 13.7 Å². The molecule has 0 saturated carbocycles. The summed E-state index contributed by atoms with van der Waals surface area (Å²) in [5, 5.41) is 2.77. The number of methoxy groups -OCH3 is 1. The standard InChI is InChI=1S/C12H22N2O3/c1-7(2)10-12(16)14(6-8(3)17-5)9(4)11(15)13-10/h7-10H,6H2,1-5H3,(H,13,15). The van der Waals surface area contributed by atoms with E-state index in [9.17, 15) is 9.59 Å². The number of hydrogen-bond acceptors (Lipinski definition) is 3. The van der Waals surface area contributed by atoms with Crippen LogP contribution < -0.4 is 5.32 Å². The highest BCUT2D eigenvalue weighted by molar-refractivity contribution is 5.96. The van der Waals surface area contributed by atoms with Crippen LogP contribution in [0.3, 0.4) is 0 Å². The molecule has 5 heteroatoms. The molecule has 0 aliphatic carbocycles. The molecule has 0 bridgehead atoms. The molecule has 98 valence electrons. The van der Waals surface area contributed by atoms with Gasteiger partial charge >= 0.3 is 0 Å². The minimum atomic E-state index is -0.421. The van der Waals surface area contributed by atoms with Crippen LogP contribution in [0.1, 0.15) is 27.7 Å². The molecule has 1 N–H and O–H groups in total. The summed E-state index contributed by atoms with van der Waals surface area (Å²) in [6, 6.07) is -0.835. The first-order valence-electron chi connectivity index (χ1n) is 6.02. The second-order valence-electron chi connectivity index (χ2n) is 4.94. The van der Waals surface area contributed by atoms with E-state index in [0.29, 0.717) is 6.54 Å². The van der Waals surface area contributed by atoms with Crippen molar-refractivity contribution < 1.29 is 14.3 Å². The quantitative estimate of drug-likeness (QED) is 0.776. The molecule has 3 atom stereocenters. The first-order chi connectivity index (χ1) is 7.88. The van der Waals surface area contributed by atoms with E-state index in [4.69, 9.17) is 4.74 Å². The number of nitrogens with one attached hydrogen (secondary N) is 1. The van der Waals surface area contributed by atoms with Gasteiger partial charge in [0.05, 0.1) is 6.10 Å². The van der Waals surface area contributed by atoms with Crippen molar-refractivity contribution in [3.05, 3.63) is 0 Å². The van der Waals surface area contributed by atoms with Crippen LogP contribution in [0.15, 0.2) is 0 Å². The number of nitrogens with zero attached hydrogens (tertiary/aromatic N) is 1. The number of amides is 2.